The van der Waals surface area contributed by atoms with Crippen molar-refractivity contribution < 1.29 is 51.7 Å². The molecule has 0 amide bonds. The Balaban J connectivity index is 2.84. The van der Waals surface area contributed by atoms with Gasteiger partial charge in [-0.2, -0.15) is 8.42 Å². The summed E-state index contributed by atoms with van der Waals surface area (Å²) in [6.07, 6.45) is 0.687. The first kappa shape index (κ1) is 21.3. The summed E-state index contributed by atoms with van der Waals surface area (Å²) in [4.78, 5) is 9.92. The summed E-state index contributed by atoms with van der Waals surface area (Å²) in [5, 5.41) is 46.8. The fraction of sp³-hybridized carbons (Fsp3) is 0.133. The summed E-state index contributed by atoms with van der Waals surface area (Å²) in [6.45, 7) is 0. The number of phenols is 4. The predicted octanol–water partition coefficient (Wildman–Crippen LogP) is 0.588. The molecule has 11 nitrogen and oxygen atoms in total. The Morgan fingerprint density at radius 2 is 1.29 bits per heavy atom. The minimum absolute atomic E-state index is 0.403. The van der Waals surface area contributed by atoms with Crippen LogP contribution in [-0.4, -0.2) is 59.1 Å². The molecule has 0 aromatic heterocycles. The van der Waals surface area contributed by atoms with Gasteiger partial charge in [0.15, 0.2) is 9.84 Å². The van der Waals surface area contributed by atoms with Crippen molar-refractivity contribution in [2.75, 3.05) is 6.26 Å². The van der Waals surface area contributed by atoms with E-state index < -0.39 is 75.8 Å². The third kappa shape index (κ3) is 3.95. The van der Waals surface area contributed by atoms with Gasteiger partial charge in [-0.25, -0.2) is 13.2 Å². The molecular formula is C15H14O11S2. The Labute approximate surface area is 158 Å². The number of benzene rings is 2. The van der Waals surface area contributed by atoms with Gasteiger partial charge in [0.25, 0.3) is 10.1 Å². The van der Waals surface area contributed by atoms with Gasteiger partial charge < -0.3 is 25.5 Å². The molecule has 2 aromatic carbocycles. The molecule has 0 aliphatic carbocycles. The van der Waals surface area contributed by atoms with Gasteiger partial charge in [-0.15, -0.1) is 0 Å². The lowest BCUT2D eigenvalue weighted by molar-refractivity contribution is 0.0693. The lowest BCUT2D eigenvalue weighted by Gasteiger charge is -2.20. The van der Waals surface area contributed by atoms with Crippen LogP contribution in [0.4, 0.5) is 0 Å². The Bertz CT molecular complexity index is 1180. The quantitative estimate of drug-likeness (QED) is 0.283. The lowest BCUT2D eigenvalue weighted by atomic mass is 10.00. The predicted molar refractivity (Wildman–Crippen MR) is 93.0 cm³/mol. The van der Waals surface area contributed by atoms with Crippen LogP contribution in [0.15, 0.2) is 29.2 Å². The van der Waals surface area contributed by atoms with E-state index >= 15 is 0 Å². The molecule has 2 aromatic rings. The average molecular weight is 434 g/mol. The molecule has 1 unspecified atom stereocenters. The highest BCUT2D eigenvalue weighted by Gasteiger charge is 2.33. The van der Waals surface area contributed by atoms with Crippen LogP contribution in [0.2, 0.25) is 0 Å². The molecule has 0 saturated carbocycles. The van der Waals surface area contributed by atoms with Crippen molar-refractivity contribution in [2.45, 2.75) is 10.1 Å². The monoisotopic (exact) mass is 434 g/mol. The van der Waals surface area contributed by atoms with E-state index in [0.717, 1.165) is 0 Å². The normalized spacial score (nSPS) is 13.2. The highest BCUT2D eigenvalue weighted by molar-refractivity contribution is 7.91. The van der Waals surface area contributed by atoms with E-state index in [9.17, 15) is 42.1 Å². The van der Waals surface area contributed by atoms with Gasteiger partial charge in [-0.1, -0.05) is 0 Å². The van der Waals surface area contributed by atoms with Crippen molar-refractivity contribution in [3.8, 4) is 23.0 Å². The Morgan fingerprint density at radius 1 is 0.821 bits per heavy atom. The average Bonchev–Trinajstić information content (AvgIpc) is 2.50. The third-order valence-corrected chi connectivity index (χ3v) is 6.00. The minimum atomic E-state index is -4.94. The first-order valence-corrected chi connectivity index (χ1v) is 10.6. The van der Waals surface area contributed by atoms with E-state index in [2.05, 4.69) is 0 Å². The fourth-order valence-electron chi connectivity index (χ4n) is 2.59. The third-order valence-electron chi connectivity index (χ3n) is 3.75. The van der Waals surface area contributed by atoms with E-state index in [-0.39, 0.29) is 0 Å². The molecule has 6 N–H and O–H groups in total. The van der Waals surface area contributed by atoms with Gasteiger partial charge in [0.2, 0.25) is 0 Å². The van der Waals surface area contributed by atoms with Gasteiger partial charge >= 0.3 is 5.97 Å². The molecular weight excluding hydrogens is 420 g/mol. The number of hydrogen-bond donors (Lipinski definition) is 6. The highest BCUT2D eigenvalue weighted by atomic mass is 32.2. The van der Waals surface area contributed by atoms with E-state index in [1.165, 1.54) is 0 Å². The summed E-state index contributed by atoms with van der Waals surface area (Å²) in [6, 6.07) is 2.19. The summed E-state index contributed by atoms with van der Waals surface area (Å²) < 4.78 is 56.0. The number of rotatable bonds is 5. The largest absolute Gasteiger partial charge is 0.508 e. The van der Waals surface area contributed by atoms with Crippen molar-refractivity contribution in [3.63, 3.8) is 0 Å². The molecule has 0 aliphatic rings. The molecule has 0 bridgehead atoms. The number of carboxylic acids is 1. The minimum Gasteiger partial charge on any atom is -0.508 e. The zero-order valence-electron chi connectivity index (χ0n) is 13.9. The van der Waals surface area contributed by atoms with Crippen molar-refractivity contribution in [1.82, 2.24) is 0 Å². The second-order valence-corrected chi connectivity index (χ2v) is 9.32. The topological polar surface area (TPSA) is 207 Å². The lowest BCUT2D eigenvalue weighted by Crippen LogP contribution is -2.14. The number of aromatic hydroxyl groups is 4. The summed E-state index contributed by atoms with van der Waals surface area (Å²) in [7, 11) is -9.18. The van der Waals surface area contributed by atoms with Crippen LogP contribution < -0.4 is 0 Å². The standard InChI is InChI=1S/C15H14O11S2/c1-27(22,23)14(6-2-10(17)8(15(20)21)4-9(6)16)7-3-12(19)13(5-11(7)18)28(24,25)26/h2-5,14,16-19H,1H3,(H,20,21)(H,24,25,26). The number of hydrogen-bond acceptors (Lipinski definition) is 9. The summed E-state index contributed by atoms with van der Waals surface area (Å²) in [5.41, 5.74) is -1.85. The molecule has 0 fully saturated rings. The zero-order chi connectivity index (χ0) is 21.6. The molecule has 0 saturated heterocycles. The van der Waals surface area contributed by atoms with Crippen LogP contribution in [0.1, 0.15) is 26.7 Å². The van der Waals surface area contributed by atoms with Crippen molar-refractivity contribution in [3.05, 3.63) is 41.0 Å². The van der Waals surface area contributed by atoms with Gasteiger partial charge in [-0.05, 0) is 18.2 Å². The Kier molecular flexibility index (Phi) is 5.20. The van der Waals surface area contributed by atoms with Crippen molar-refractivity contribution >= 4 is 25.9 Å². The van der Waals surface area contributed by atoms with Gasteiger partial charge in [0.1, 0.15) is 38.7 Å². The highest BCUT2D eigenvalue weighted by Crippen LogP contribution is 2.44. The second-order valence-electron chi connectivity index (χ2n) is 5.80. The van der Waals surface area contributed by atoms with E-state index in [4.69, 9.17) is 9.66 Å². The van der Waals surface area contributed by atoms with Crippen LogP contribution in [0, 0.1) is 0 Å². The number of carbonyl (C=O) groups is 1. The van der Waals surface area contributed by atoms with Gasteiger partial charge in [0, 0.05) is 23.4 Å². The number of phenolic OH excluding ortho intramolecular Hbond substituents is 3. The van der Waals surface area contributed by atoms with Crippen molar-refractivity contribution in [2.24, 2.45) is 0 Å². The summed E-state index contributed by atoms with van der Waals surface area (Å²) in [5.74, 6) is -5.40. The molecule has 0 spiro atoms. The van der Waals surface area contributed by atoms with E-state index in [0.29, 0.717) is 30.5 Å². The van der Waals surface area contributed by atoms with Crippen LogP contribution in [0.25, 0.3) is 0 Å². The van der Waals surface area contributed by atoms with Crippen LogP contribution in [-0.2, 0) is 20.0 Å². The molecule has 0 radical (unpaired) electrons. The van der Waals surface area contributed by atoms with E-state index in [1.807, 2.05) is 0 Å². The molecule has 152 valence electrons. The number of aromatic carboxylic acids is 1. The summed E-state index contributed by atoms with van der Waals surface area (Å²) >= 11 is 0. The first-order valence-electron chi connectivity index (χ1n) is 7.16. The maximum absolute atomic E-state index is 12.3. The second kappa shape index (κ2) is 6.85. The maximum atomic E-state index is 12.3. The fourth-order valence-corrected chi connectivity index (χ4v) is 4.48. The van der Waals surface area contributed by atoms with Crippen molar-refractivity contribution in [1.29, 1.82) is 0 Å². The Morgan fingerprint density at radius 3 is 1.71 bits per heavy atom. The maximum Gasteiger partial charge on any atom is 0.339 e. The molecule has 1 atom stereocenters. The van der Waals surface area contributed by atoms with Crippen LogP contribution in [0.3, 0.4) is 0 Å². The molecule has 2 rings (SSSR count). The Hall–Kier alpha value is -3.03. The number of carboxylic acid groups (broad SMARTS) is 1. The molecule has 13 heteroatoms. The van der Waals surface area contributed by atoms with Crippen LogP contribution in [0.5, 0.6) is 23.0 Å². The van der Waals surface area contributed by atoms with E-state index in [1.54, 1.807) is 0 Å². The molecule has 28 heavy (non-hydrogen) atoms. The zero-order valence-corrected chi connectivity index (χ0v) is 15.6. The molecule has 0 aliphatic heterocycles. The first-order chi connectivity index (χ1) is 12.6. The smallest absolute Gasteiger partial charge is 0.339 e. The van der Waals surface area contributed by atoms with Crippen LogP contribution >= 0.6 is 0 Å². The van der Waals surface area contributed by atoms with Gasteiger partial charge in [0.05, 0.1) is 0 Å². The SMILES string of the molecule is CS(=O)(=O)C(c1cc(O)c(C(=O)O)cc1O)c1cc(O)c(S(=O)(=O)O)cc1O. The van der Waals surface area contributed by atoms with Gasteiger partial charge in [-0.3, -0.25) is 4.55 Å². The number of sulfone groups is 1. The molecule has 0 heterocycles.